The highest BCUT2D eigenvalue weighted by molar-refractivity contribution is 5.85. The fourth-order valence-electron chi connectivity index (χ4n) is 0.588. The van der Waals surface area contributed by atoms with Crippen LogP contribution in [0.2, 0.25) is 0 Å². The number of nitrogens with two attached hydrogens (primary N) is 1. The van der Waals surface area contributed by atoms with Crippen molar-refractivity contribution in [2.75, 3.05) is 0 Å². The Labute approximate surface area is 48.5 Å². The minimum absolute atomic E-state index is 0. The van der Waals surface area contributed by atoms with Gasteiger partial charge in [0.15, 0.2) is 0 Å². The molecule has 3 heteroatoms. The summed E-state index contributed by atoms with van der Waals surface area (Å²) in [5.74, 6) is 0. The van der Waals surface area contributed by atoms with Gasteiger partial charge >= 0.3 is 0 Å². The molecule has 0 radical (unpaired) electrons. The van der Waals surface area contributed by atoms with E-state index in [2.05, 4.69) is 0 Å². The van der Waals surface area contributed by atoms with Crippen molar-refractivity contribution in [1.82, 2.24) is 0 Å². The SMILES string of the molecule is Cl.N[C@H]1C[C@H](F)C1. The van der Waals surface area contributed by atoms with E-state index >= 15 is 0 Å². The molecule has 0 heterocycles. The van der Waals surface area contributed by atoms with Gasteiger partial charge in [0.05, 0.1) is 0 Å². The van der Waals surface area contributed by atoms with E-state index in [0.29, 0.717) is 12.8 Å². The van der Waals surface area contributed by atoms with Crippen molar-refractivity contribution in [2.45, 2.75) is 25.1 Å². The molecule has 1 saturated carbocycles. The molecule has 0 aromatic rings. The third kappa shape index (κ3) is 1.61. The Morgan fingerprint density at radius 3 is 1.86 bits per heavy atom. The normalized spacial score (nSPS) is 38.6. The summed E-state index contributed by atoms with van der Waals surface area (Å²) in [5, 5.41) is 0. The zero-order valence-corrected chi connectivity index (χ0v) is 4.75. The second kappa shape index (κ2) is 2.48. The summed E-state index contributed by atoms with van der Waals surface area (Å²) in [7, 11) is 0. The van der Waals surface area contributed by atoms with Crippen LogP contribution in [0.5, 0.6) is 0 Å². The molecule has 2 N–H and O–H groups in total. The summed E-state index contributed by atoms with van der Waals surface area (Å²) < 4.78 is 11.7. The molecule has 1 fully saturated rings. The third-order valence-corrected chi connectivity index (χ3v) is 1.12. The first-order valence-corrected chi connectivity index (χ1v) is 2.18. The highest BCUT2D eigenvalue weighted by atomic mass is 35.5. The molecule has 0 saturated heterocycles. The van der Waals surface area contributed by atoms with Crippen molar-refractivity contribution in [3.05, 3.63) is 0 Å². The average molecular weight is 126 g/mol. The molecular formula is C4H9ClFN. The lowest BCUT2D eigenvalue weighted by Crippen LogP contribution is -2.37. The van der Waals surface area contributed by atoms with Gasteiger partial charge in [-0.2, -0.15) is 0 Å². The lowest BCUT2D eigenvalue weighted by molar-refractivity contribution is 0.181. The number of hydrogen-bond acceptors (Lipinski definition) is 1. The maximum Gasteiger partial charge on any atom is 0.103 e. The van der Waals surface area contributed by atoms with Crippen LogP contribution in [0.25, 0.3) is 0 Å². The van der Waals surface area contributed by atoms with Gasteiger partial charge in [0.2, 0.25) is 0 Å². The van der Waals surface area contributed by atoms with Crippen molar-refractivity contribution >= 4 is 12.4 Å². The van der Waals surface area contributed by atoms with Gasteiger partial charge in [0, 0.05) is 6.04 Å². The lowest BCUT2D eigenvalue weighted by Gasteiger charge is -2.24. The van der Waals surface area contributed by atoms with E-state index < -0.39 is 6.17 Å². The van der Waals surface area contributed by atoms with Crippen LogP contribution < -0.4 is 5.73 Å². The van der Waals surface area contributed by atoms with Crippen LogP contribution >= 0.6 is 12.4 Å². The molecule has 7 heavy (non-hydrogen) atoms. The highest BCUT2D eigenvalue weighted by Gasteiger charge is 2.24. The smallest absolute Gasteiger partial charge is 0.103 e. The molecule has 0 aliphatic heterocycles. The zero-order valence-electron chi connectivity index (χ0n) is 3.93. The van der Waals surface area contributed by atoms with Crippen molar-refractivity contribution < 1.29 is 4.39 Å². The van der Waals surface area contributed by atoms with Crippen molar-refractivity contribution in [2.24, 2.45) is 5.73 Å². The first-order valence-electron chi connectivity index (χ1n) is 2.18. The molecule has 0 amide bonds. The highest BCUT2D eigenvalue weighted by Crippen LogP contribution is 2.20. The minimum Gasteiger partial charge on any atom is -0.327 e. The van der Waals surface area contributed by atoms with Crippen molar-refractivity contribution in [1.29, 1.82) is 0 Å². The van der Waals surface area contributed by atoms with E-state index in [-0.39, 0.29) is 18.4 Å². The number of rotatable bonds is 0. The summed E-state index contributed by atoms with van der Waals surface area (Å²) in [6, 6.07) is 0.167. The van der Waals surface area contributed by atoms with E-state index in [9.17, 15) is 4.39 Å². The lowest BCUT2D eigenvalue weighted by atomic mass is 9.92. The summed E-state index contributed by atoms with van der Waals surface area (Å²) in [6.07, 6.45) is 0.583. The van der Waals surface area contributed by atoms with E-state index in [4.69, 9.17) is 5.73 Å². The standard InChI is InChI=1S/C4H8FN.ClH/c5-3-1-4(6)2-3;/h3-4H,1-2,6H2;1H/t3-,4-;. The molecule has 0 aromatic heterocycles. The number of hydrogen-bond donors (Lipinski definition) is 1. The van der Waals surface area contributed by atoms with E-state index in [1.807, 2.05) is 0 Å². The van der Waals surface area contributed by atoms with Gasteiger partial charge in [-0.1, -0.05) is 0 Å². The Balaban J connectivity index is 0.000000360. The average Bonchev–Trinajstić information content (AvgIpc) is 1.33. The summed E-state index contributed by atoms with van der Waals surface area (Å²) in [6.45, 7) is 0. The molecule has 0 bridgehead atoms. The van der Waals surface area contributed by atoms with Gasteiger partial charge in [0.25, 0.3) is 0 Å². The fourth-order valence-corrected chi connectivity index (χ4v) is 0.588. The molecule has 0 aromatic carbocycles. The van der Waals surface area contributed by atoms with E-state index in [1.54, 1.807) is 0 Å². The van der Waals surface area contributed by atoms with E-state index in [1.165, 1.54) is 0 Å². The minimum atomic E-state index is -0.583. The Morgan fingerprint density at radius 2 is 1.86 bits per heavy atom. The van der Waals surface area contributed by atoms with E-state index in [0.717, 1.165) is 0 Å². The van der Waals surface area contributed by atoms with Crippen LogP contribution in [-0.4, -0.2) is 12.2 Å². The summed E-state index contributed by atoms with van der Waals surface area (Å²) in [5.41, 5.74) is 5.23. The van der Waals surface area contributed by atoms with Gasteiger partial charge in [0.1, 0.15) is 6.17 Å². The Morgan fingerprint density at radius 1 is 1.43 bits per heavy atom. The van der Waals surface area contributed by atoms with Crippen LogP contribution in [0.4, 0.5) is 4.39 Å². The molecule has 1 rings (SSSR count). The zero-order chi connectivity index (χ0) is 4.57. The van der Waals surface area contributed by atoms with Crippen LogP contribution in [0.1, 0.15) is 12.8 Å². The molecular weight excluding hydrogens is 117 g/mol. The second-order valence-corrected chi connectivity index (χ2v) is 1.83. The van der Waals surface area contributed by atoms with Gasteiger partial charge in [-0.15, -0.1) is 12.4 Å². The quantitative estimate of drug-likeness (QED) is 0.511. The maximum atomic E-state index is 11.7. The van der Waals surface area contributed by atoms with Gasteiger partial charge in [-0.3, -0.25) is 0 Å². The number of alkyl halides is 1. The molecule has 44 valence electrons. The third-order valence-electron chi connectivity index (χ3n) is 1.12. The Kier molecular flexibility index (Phi) is 2.54. The first-order chi connectivity index (χ1) is 2.79. The van der Waals surface area contributed by atoms with Gasteiger partial charge in [-0.05, 0) is 12.8 Å². The van der Waals surface area contributed by atoms with Gasteiger partial charge < -0.3 is 5.73 Å². The maximum absolute atomic E-state index is 11.7. The van der Waals surface area contributed by atoms with Crippen molar-refractivity contribution in [3.63, 3.8) is 0 Å². The predicted octanol–water partition coefficient (Wildman–Crippen LogP) is 0.867. The molecule has 1 aliphatic rings. The largest absolute Gasteiger partial charge is 0.327 e. The molecule has 1 aliphatic carbocycles. The van der Waals surface area contributed by atoms with Gasteiger partial charge in [-0.25, -0.2) is 4.39 Å². The number of halogens is 2. The van der Waals surface area contributed by atoms with Crippen LogP contribution in [0.15, 0.2) is 0 Å². The first kappa shape index (κ1) is 7.18. The predicted molar refractivity (Wildman–Crippen MR) is 29.4 cm³/mol. The Bertz CT molecular complexity index is 47.7. The Hall–Kier alpha value is 0.180. The molecule has 0 spiro atoms. The second-order valence-electron chi connectivity index (χ2n) is 1.83. The fraction of sp³-hybridized carbons (Fsp3) is 1.00. The summed E-state index contributed by atoms with van der Waals surface area (Å²) in [4.78, 5) is 0. The van der Waals surface area contributed by atoms with Crippen LogP contribution in [-0.2, 0) is 0 Å². The molecule has 0 atom stereocenters. The topological polar surface area (TPSA) is 26.0 Å². The monoisotopic (exact) mass is 125 g/mol. The molecule has 0 unspecified atom stereocenters. The van der Waals surface area contributed by atoms with Crippen molar-refractivity contribution in [3.8, 4) is 0 Å². The summed E-state index contributed by atoms with van der Waals surface area (Å²) >= 11 is 0. The van der Waals surface area contributed by atoms with Crippen LogP contribution in [0, 0.1) is 0 Å². The van der Waals surface area contributed by atoms with Crippen LogP contribution in [0.3, 0.4) is 0 Å². The molecule has 1 nitrogen and oxygen atoms in total.